The van der Waals surface area contributed by atoms with E-state index >= 15 is 0 Å². The molecule has 0 amide bonds. The molecule has 7 heteroatoms. The van der Waals surface area contributed by atoms with Crippen LogP contribution >= 0.6 is 34.2 Å². The van der Waals surface area contributed by atoms with Gasteiger partial charge in [-0.1, -0.05) is 11.6 Å². The predicted octanol–water partition coefficient (Wildman–Crippen LogP) is 1.82. The third kappa shape index (κ3) is 5.07. The fourth-order valence-electron chi connectivity index (χ4n) is 1.09. The highest BCUT2D eigenvalue weighted by Gasteiger charge is 2.03. The largest absolute Gasteiger partial charge is 0.383 e. The number of hydrogen-bond donors (Lipinski definition) is 3. The number of ether oxygens (including phenoxy) is 1. The van der Waals surface area contributed by atoms with Gasteiger partial charge in [0.25, 0.3) is 0 Å². The second-order valence-electron chi connectivity index (χ2n) is 3.12. The van der Waals surface area contributed by atoms with E-state index in [9.17, 15) is 0 Å². The van der Waals surface area contributed by atoms with Gasteiger partial charge in [0.15, 0.2) is 0 Å². The molecule has 0 atom stereocenters. The summed E-state index contributed by atoms with van der Waals surface area (Å²) in [4.78, 5) is 4.17. The molecule has 0 spiro atoms. The molecule has 0 fully saturated rings. The summed E-state index contributed by atoms with van der Waals surface area (Å²) in [6.45, 7) is 1.05. The molecule has 0 heterocycles. The molecule has 0 aliphatic heterocycles. The number of halogens is 2. The summed E-state index contributed by atoms with van der Waals surface area (Å²) in [7, 11) is 1.62. The summed E-state index contributed by atoms with van der Waals surface area (Å²) in [5.41, 5.74) is 3.23. The fourth-order valence-corrected chi connectivity index (χ4v) is 1.99. The Kier molecular flexibility index (Phi) is 6.56. The molecule has 0 aliphatic carbocycles. The van der Waals surface area contributed by atoms with Crippen molar-refractivity contribution < 1.29 is 4.74 Å². The Morgan fingerprint density at radius 3 is 2.94 bits per heavy atom. The van der Waals surface area contributed by atoms with Gasteiger partial charge in [-0.15, -0.1) is 0 Å². The maximum Gasteiger partial charge on any atom is 0.210 e. The van der Waals surface area contributed by atoms with E-state index in [0.29, 0.717) is 24.1 Å². The summed E-state index contributed by atoms with van der Waals surface area (Å²) >= 11 is 8.27. The van der Waals surface area contributed by atoms with Crippen molar-refractivity contribution in [3.05, 3.63) is 26.8 Å². The lowest BCUT2D eigenvalue weighted by molar-refractivity contribution is 0.208. The number of nitrogens with two attached hydrogens (primary N) is 1. The summed E-state index contributed by atoms with van der Waals surface area (Å²) in [5, 5.41) is 3.62. The number of rotatable bonds is 4. The Morgan fingerprint density at radius 2 is 2.35 bits per heavy atom. The van der Waals surface area contributed by atoms with Crippen LogP contribution in [0.25, 0.3) is 0 Å². The predicted molar refractivity (Wildman–Crippen MR) is 79.3 cm³/mol. The number of anilines is 1. The smallest absolute Gasteiger partial charge is 0.210 e. The SMILES string of the molecule is COCCN=C(NN)Nc1ccc(I)cc1Cl. The minimum atomic E-state index is 0.449. The van der Waals surface area contributed by atoms with Crippen molar-refractivity contribution in [1.82, 2.24) is 5.43 Å². The van der Waals surface area contributed by atoms with Crippen LogP contribution in [0.1, 0.15) is 0 Å². The van der Waals surface area contributed by atoms with Gasteiger partial charge in [0.1, 0.15) is 0 Å². The van der Waals surface area contributed by atoms with Gasteiger partial charge >= 0.3 is 0 Å². The van der Waals surface area contributed by atoms with E-state index in [-0.39, 0.29) is 0 Å². The van der Waals surface area contributed by atoms with Gasteiger partial charge < -0.3 is 10.1 Å². The van der Waals surface area contributed by atoms with Crippen LogP contribution in [0, 0.1) is 3.57 Å². The molecule has 0 bridgehead atoms. The third-order valence-corrected chi connectivity index (χ3v) is 2.87. The quantitative estimate of drug-likeness (QED) is 0.189. The molecule has 0 saturated carbocycles. The van der Waals surface area contributed by atoms with E-state index in [1.807, 2.05) is 18.2 Å². The van der Waals surface area contributed by atoms with Crippen LogP contribution in [0.2, 0.25) is 5.02 Å². The minimum absolute atomic E-state index is 0.449. The molecule has 0 radical (unpaired) electrons. The summed E-state index contributed by atoms with van der Waals surface area (Å²) in [5.74, 6) is 5.80. The highest BCUT2D eigenvalue weighted by atomic mass is 127. The Hall–Kier alpha value is -0.570. The minimum Gasteiger partial charge on any atom is -0.383 e. The van der Waals surface area contributed by atoms with E-state index in [0.717, 1.165) is 9.26 Å². The number of guanidine groups is 1. The molecule has 94 valence electrons. The van der Waals surface area contributed by atoms with Gasteiger partial charge in [0.05, 0.1) is 23.9 Å². The molecule has 0 saturated heterocycles. The van der Waals surface area contributed by atoms with Crippen LogP contribution < -0.4 is 16.6 Å². The normalized spacial score (nSPS) is 11.4. The lowest BCUT2D eigenvalue weighted by Gasteiger charge is -2.10. The van der Waals surface area contributed by atoms with Crippen LogP contribution in [0.5, 0.6) is 0 Å². The summed E-state index contributed by atoms with van der Waals surface area (Å²) in [6.07, 6.45) is 0. The molecule has 5 nitrogen and oxygen atoms in total. The van der Waals surface area contributed by atoms with Crippen LogP contribution in [-0.4, -0.2) is 26.2 Å². The Balaban J connectivity index is 2.70. The number of methoxy groups -OCH3 is 1. The average Bonchev–Trinajstić information content (AvgIpc) is 2.31. The maximum atomic E-state index is 6.08. The first-order valence-corrected chi connectivity index (χ1v) is 6.35. The molecule has 0 aromatic heterocycles. The van der Waals surface area contributed by atoms with E-state index < -0.39 is 0 Å². The molecule has 1 aromatic carbocycles. The zero-order valence-corrected chi connectivity index (χ0v) is 12.2. The van der Waals surface area contributed by atoms with Crippen LogP contribution in [-0.2, 0) is 4.74 Å². The molecule has 17 heavy (non-hydrogen) atoms. The molecule has 0 unspecified atom stereocenters. The number of nitrogens with one attached hydrogen (secondary N) is 2. The molecule has 1 aromatic rings. The highest BCUT2D eigenvalue weighted by Crippen LogP contribution is 2.23. The first-order chi connectivity index (χ1) is 8.17. The van der Waals surface area contributed by atoms with E-state index in [2.05, 4.69) is 38.3 Å². The molecule has 4 N–H and O–H groups in total. The van der Waals surface area contributed by atoms with Crippen LogP contribution in [0.4, 0.5) is 5.69 Å². The second-order valence-corrected chi connectivity index (χ2v) is 4.77. The zero-order valence-electron chi connectivity index (χ0n) is 9.34. The van der Waals surface area contributed by atoms with Crippen molar-refractivity contribution >= 4 is 45.8 Å². The van der Waals surface area contributed by atoms with Crippen molar-refractivity contribution in [2.24, 2.45) is 10.8 Å². The van der Waals surface area contributed by atoms with Crippen molar-refractivity contribution in [3.8, 4) is 0 Å². The van der Waals surface area contributed by atoms with E-state index in [1.165, 1.54) is 0 Å². The second kappa shape index (κ2) is 7.70. The standard InChI is InChI=1S/C10H14ClIN4O/c1-17-5-4-14-10(16-13)15-9-3-2-7(12)6-8(9)11/h2-3,6H,4-5,13H2,1H3,(H2,14,15,16). The van der Waals surface area contributed by atoms with Crippen molar-refractivity contribution in [2.75, 3.05) is 25.6 Å². The van der Waals surface area contributed by atoms with Crippen molar-refractivity contribution in [1.29, 1.82) is 0 Å². The zero-order chi connectivity index (χ0) is 12.7. The lowest BCUT2D eigenvalue weighted by Crippen LogP contribution is -2.36. The fraction of sp³-hybridized carbons (Fsp3) is 0.300. The first kappa shape index (κ1) is 14.5. The van der Waals surface area contributed by atoms with Crippen LogP contribution in [0.3, 0.4) is 0 Å². The van der Waals surface area contributed by atoms with Crippen LogP contribution in [0.15, 0.2) is 23.2 Å². The molecular formula is C10H14ClIN4O. The van der Waals surface area contributed by atoms with Gasteiger partial charge in [0, 0.05) is 10.7 Å². The van der Waals surface area contributed by atoms with Crippen molar-refractivity contribution in [3.63, 3.8) is 0 Å². The monoisotopic (exact) mass is 368 g/mol. The summed E-state index contributed by atoms with van der Waals surface area (Å²) in [6, 6.07) is 5.67. The number of nitrogens with zero attached hydrogens (tertiary/aromatic N) is 1. The maximum absolute atomic E-state index is 6.08. The molecular weight excluding hydrogens is 354 g/mol. The average molecular weight is 369 g/mol. The molecule has 0 aliphatic rings. The van der Waals surface area contributed by atoms with Gasteiger partial charge in [0.2, 0.25) is 5.96 Å². The van der Waals surface area contributed by atoms with Gasteiger partial charge in [-0.3, -0.25) is 5.43 Å². The van der Waals surface area contributed by atoms with Crippen molar-refractivity contribution in [2.45, 2.75) is 0 Å². The number of benzene rings is 1. The van der Waals surface area contributed by atoms with Gasteiger partial charge in [-0.25, -0.2) is 10.8 Å². The van der Waals surface area contributed by atoms with Gasteiger partial charge in [-0.05, 0) is 40.8 Å². The Labute approximate surface area is 119 Å². The number of hydrogen-bond acceptors (Lipinski definition) is 3. The van der Waals surface area contributed by atoms with Gasteiger partial charge in [-0.2, -0.15) is 0 Å². The van der Waals surface area contributed by atoms with E-state index in [1.54, 1.807) is 7.11 Å². The Bertz CT molecular complexity index is 400. The summed E-state index contributed by atoms with van der Waals surface area (Å²) < 4.78 is 5.96. The third-order valence-electron chi connectivity index (χ3n) is 1.89. The lowest BCUT2D eigenvalue weighted by atomic mass is 10.3. The highest BCUT2D eigenvalue weighted by molar-refractivity contribution is 14.1. The van der Waals surface area contributed by atoms with E-state index in [4.69, 9.17) is 22.2 Å². The first-order valence-electron chi connectivity index (χ1n) is 4.89. The molecule has 1 rings (SSSR count). The topological polar surface area (TPSA) is 71.7 Å². The number of hydrazine groups is 1. The Morgan fingerprint density at radius 1 is 1.59 bits per heavy atom. The number of aliphatic imine (C=N–C) groups is 1.